The van der Waals surface area contributed by atoms with E-state index in [-0.39, 0.29) is 11.8 Å². The van der Waals surface area contributed by atoms with Crippen molar-refractivity contribution in [3.8, 4) is 12.3 Å². The zero-order chi connectivity index (χ0) is 14.6. The highest BCUT2D eigenvalue weighted by molar-refractivity contribution is 5.79. The summed E-state index contributed by atoms with van der Waals surface area (Å²) in [5.41, 5.74) is 5.37. The molecular weight excluding hydrogens is 254 g/mol. The van der Waals surface area contributed by atoms with E-state index >= 15 is 0 Å². The number of nitrogens with two attached hydrogens (primary N) is 1. The van der Waals surface area contributed by atoms with Crippen LogP contribution in [0.4, 0.5) is 0 Å². The molecule has 6 heteroatoms. The lowest BCUT2D eigenvalue weighted by atomic mass is 10.1. The van der Waals surface area contributed by atoms with E-state index in [4.69, 9.17) is 12.2 Å². The summed E-state index contributed by atoms with van der Waals surface area (Å²) in [4.78, 5) is 13.5. The predicted octanol–water partition coefficient (Wildman–Crippen LogP) is -1.80. The number of nitrogens with one attached hydrogen (secondary N) is 3. The van der Waals surface area contributed by atoms with Gasteiger partial charge in [-0.1, -0.05) is 0 Å². The molecule has 0 bridgehead atoms. The molecule has 1 aliphatic rings. The molecule has 1 heterocycles. The second-order valence-corrected chi connectivity index (χ2v) is 4.95. The Morgan fingerprint density at radius 1 is 1.15 bits per heavy atom. The largest absolute Gasteiger partial charge is 0.340 e. The summed E-state index contributed by atoms with van der Waals surface area (Å²) in [7, 11) is 0. The minimum Gasteiger partial charge on any atom is -0.340 e. The van der Waals surface area contributed by atoms with Gasteiger partial charge in [-0.15, -0.1) is 12.3 Å². The van der Waals surface area contributed by atoms with Crippen LogP contribution in [0.2, 0.25) is 0 Å². The average molecular weight is 281 g/mol. The number of terminal acetylenes is 1. The second-order valence-electron chi connectivity index (χ2n) is 4.95. The first-order valence-electron chi connectivity index (χ1n) is 7.34. The SMILES string of the molecule is C#CC1CC(=O)N(CCNCCNCCNCCN)C1. The Morgan fingerprint density at radius 3 is 2.30 bits per heavy atom. The Balaban J connectivity index is 1.88. The van der Waals surface area contributed by atoms with Gasteiger partial charge in [0.05, 0.1) is 0 Å². The van der Waals surface area contributed by atoms with E-state index in [1.807, 2.05) is 4.90 Å². The highest BCUT2D eigenvalue weighted by Crippen LogP contribution is 2.15. The summed E-state index contributed by atoms with van der Waals surface area (Å²) >= 11 is 0. The predicted molar refractivity (Wildman–Crippen MR) is 81.2 cm³/mol. The number of nitrogens with zero attached hydrogens (tertiary/aromatic N) is 1. The minimum atomic E-state index is 0.102. The van der Waals surface area contributed by atoms with Gasteiger partial charge in [0.1, 0.15) is 0 Å². The van der Waals surface area contributed by atoms with Gasteiger partial charge in [-0.3, -0.25) is 4.79 Å². The monoisotopic (exact) mass is 281 g/mol. The third-order valence-electron chi connectivity index (χ3n) is 3.29. The number of hydrogen-bond acceptors (Lipinski definition) is 5. The molecular formula is C14H27N5O. The van der Waals surface area contributed by atoms with E-state index in [2.05, 4.69) is 21.9 Å². The molecule has 1 atom stereocenters. The number of carbonyl (C=O) groups excluding carboxylic acids is 1. The van der Waals surface area contributed by atoms with E-state index in [0.717, 1.165) is 45.8 Å². The van der Waals surface area contributed by atoms with E-state index in [0.29, 0.717) is 19.5 Å². The molecule has 6 nitrogen and oxygen atoms in total. The van der Waals surface area contributed by atoms with Crippen molar-refractivity contribution in [2.24, 2.45) is 11.7 Å². The first-order valence-corrected chi connectivity index (χ1v) is 7.34. The number of likely N-dealkylation sites (tertiary alicyclic amines) is 1. The molecule has 0 aromatic rings. The van der Waals surface area contributed by atoms with Crippen molar-refractivity contribution in [1.29, 1.82) is 0 Å². The number of rotatable bonds is 11. The highest BCUT2D eigenvalue weighted by Gasteiger charge is 2.27. The first-order chi connectivity index (χ1) is 9.77. The molecule has 0 saturated carbocycles. The van der Waals surface area contributed by atoms with Crippen LogP contribution in [0, 0.1) is 18.3 Å². The molecule has 1 amide bonds. The zero-order valence-corrected chi connectivity index (χ0v) is 12.2. The van der Waals surface area contributed by atoms with Crippen molar-refractivity contribution < 1.29 is 4.79 Å². The van der Waals surface area contributed by atoms with Crippen LogP contribution in [-0.4, -0.2) is 69.7 Å². The summed E-state index contributed by atoms with van der Waals surface area (Å²) < 4.78 is 0. The highest BCUT2D eigenvalue weighted by atomic mass is 16.2. The van der Waals surface area contributed by atoms with E-state index < -0.39 is 0 Å². The average Bonchev–Trinajstić information content (AvgIpc) is 2.81. The Bertz CT molecular complexity index is 315. The Labute approximate surface area is 121 Å². The molecule has 1 saturated heterocycles. The van der Waals surface area contributed by atoms with E-state index in [9.17, 15) is 4.79 Å². The van der Waals surface area contributed by atoms with Crippen molar-refractivity contribution >= 4 is 5.91 Å². The van der Waals surface area contributed by atoms with Crippen LogP contribution in [0.1, 0.15) is 6.42 Å². The van der Waals surface area contributed by atoms with Crippen LogP contribution >= 0.6 is 0 Å². The molecule has 1 unspecified atom stereocenters. The Morgan fingerprint density at radius 2 is 1.75 bits per heavy atom. The fourth-order valence-corrected chi connectivity index (χ4v) is 2.14. The third kappa shape index (κ3) is 6.87. The lowest BCUT2D eigenvalue weighted by molar-refractivity contribution is -0.127. The summed E-state index contributed by atoms with van der Waals surface area (Å²) in [6.45, 7) is 7.51. The first kappa shape index (κ1) is 16.9. The van der Waals surface area contributed by atoms with Crippen molar-refractivity contribution in [3.63, 3.8) is 0 Å². The van der Waals surface area contributed by atoms with Crippen LogP contribution < -0.4 is 21.7 Å². The maximum atomic E-state index is 11.6. The summed E-state index contributed by atoms with van der Waals surface area (Å²) in [6, 6.07) is 0. The van der Waals surface area contributed by atoms with Crippen LogP contribution in [-0.2, 0) is 4.79 Å². The lowest BCUT2D eigenvalue weighted by Gasteiger charge is -2.16. The summed E-state index contributed by atoms with van der Waals surface area (Å²) in [5, 5.41) is 9.86. The number of carbonyl (C=O) groups is 1. The third-order valence-corrected chi connectivity index (χ3v) is 3.29. The van der Waals surface area contributed by atoms with Crippen LogP contribution in [0.5, 0.6) is 0 Å². The van der Waals surface area contributed by atoms with Crippen molar-refractivity contribution in [2.45, 2.75) is 6.42 Å². The Hall–Kier alpha value is -1.13. The van der Waals surface area contributed by atoms with Gasteiger partial charge in [-0.05, 0) is 0 Å². The topological polar surface area (TPSA) is 82.4 Å². The lowest BCUT2D eigenvalue weighted by Crippen LogP contribution is -2.37. The molecule has 0 radical (unpaired) electrons. The van der Waals surface area contributed by atoms with Gasteiger partial charge in [-0.25, -0.2) is 0 Å². The van der Waals surface area contributed by atoms with E-state index in [1.165, 1.54) is 0 Å². The van der Waals surface area contributed by atoms with Gasteiger partial charge in [0.2, 0.25) is 5.91 Å². The molecule has 114 valence electrons. The molecule has 0 aromatic carbocycles. The van der Waals surface area contributed by atoms with Crippen molar-refractivity contribution in [1.82, 2.24) is 20.9 Å². The van der Waals surface area contributed by atoms with Crippen LogP contribution in [0.15, 0.2) is 0 Å². The van der Waals surface area contributed by atoms with Crippen molar-refractivity contribution in [3.05, 3.63) is 0 Å². The number of amides is 1. The second kappa shape index (κ2) is 10.6. The molecule has 5 N–H and O–H groups in total. The van der Waals surface area contributed by atoms with Gasteiger partial charge in [-0.2, -0.15) is 0 Å². The maximum Gasteiger partial charge on any atom is 0.223 e. The molecule has 1 rings (SSSR count). The smallest absolute Gasteiger partial charge is 0.223 e. The van der Waals surface area contributed by atoms with E-state index in [1.54, 1.807) is 0 Å². The van der Waals surface area contributed by atoms with Crippen LogP contribution in [0.25, 0.3) is 0 Å². The summed E-state index contributed by atoms with van der Waals surface area (Å²) in [6.07, 6.45) is 5.85. The number of hydrogen-bond donors (Lipinski definition) is 4. The Kier molecular flexibility index (Phi) is 9.00. The van der Waals surface area contributed by atoms with Gasteiger partial charge in [0.15, 0.2) is 0 Å². The van der Waals surface area contributed by atoms with Crippen LogP contribution in [0.3, 0.4) is 0 Å². The molecule has 20 heavy (non-hydrogen) atoms. The molecule has 0 aromatic heterocycles. The quantitative estimate of drug-likeness (QED) is 0.265. The van der Waals surface area contributed by atoms with Gasteiger partial charge >= 0.3 is 0 Å². The molecule has 0 aliphatic carbocycles. The van der Waals surface area contributed by atoms with Crippen molar-refractivity contribution in [2.75, 3.05) is 58.9 Å². The summed E-state index contributed by atoms with van der Waals surface area (Å²) in [5.74, 6) is 2.94. The standard InChI is InChI=1S/C14H27N5O/c1-2-13-11-14(20)19(12-13)10-9-18-8-7-17-6-5-16-4-3-15/h1,13,16-18H,3-12,15H2. The van der Waals surface area contributed by atoms with Gasteiger partial charge in [0, 0.05) is 71.2 Å². The maximum absolute atomic E-state index is 11.6. The molecule has 1 aliphatic heterocycles. The zero-order valence-electron chi connectivity index (χ0n) is 12.2. The normalized spacial score (nSPS) is 18.5. The molecule has 1 fully saturated rings. The fraction of sp³-hybridized carbons (Fsp3) is 0.786. The fourth-order valence-electron chi connectivity index (χ4n) is 2.14. The van der Waals surface area contributed by atoms with Gasteiger partial charge < -0.3 is 26.6 Å². The molecule has 0 spiro atoms. The van der Waals surface area contributed by atoms with Gasteiger partial charge in [0.25, 0.3) is 0 Å². The minimum absolute atomic E-state index is 0.102.